The van der Waals surface area contributed by atoms with E-state index >= 15 is 0 Å². The van der Waals surface area contributed by atoms with Crippen molar-refractivity contribution in [3.05, 3.63) is 0 Å². The average molecular weight is 296 g/mol. The second-order valence-corrected chi connectivity index (χ2v) is 6.71. The van der Waals surface area contributed by atoms with Gasteiger partial charge in [-0.15, -0.1) is 0 Å². The predicted molar refractivity (Wildman–Crippen MR) is 80.0 cm³/mol. The molecule has 2 amide bonds. The second-order valence-electron chi connectivity index (χ2n) is 6.71. The first-order valence-electron chi connectivity index (χ1n) is 8.62. The Morgan fingerprint density at radius 1 is 1.05 bits per heavy atom. The van der Waals surface area contributed by atoms with Gasteiger partial charge in [-0.1, -0.05) is 25.7 Å². The van der Waals surface area contributed by atoms with Crippen LogP contribution in [-0.2, 0) is 9.47 Å². The molecular weight excluding hydrogens is 268 g/mol. The van der Waals surface area contributed by atoms with Crippen molar-refractivity contribution in [2.24, 2.45) is 0 Å². The predicted octanol–water partition coefficient (Wildman–Crippen LogP) is 2.69. The Bertz CT molecular complexity index is 349. The molecule has 5 heteroatoms. The summed E-state index contributed by atoms with van der Waals surface area (Å²) < 4.78 is 11.9. The van der Waals surface area contributed by atoms with E-state index in [9.17, 15) is 4.79 Å². The number of carbonyl (C=O) groups is 1. The van der Waals surface area contributed by atoms with Gasteiger partial charge in [0.15, 0.2) is 5.79 Å². The van der Waals surface area contributed by atoms with Crippen molar-refractivity contribution in [3.63, 3.8) is 0 Å². The summed E-state index contributed by atoms with van der Waals surface area (Å²) in [4.78, 5) is 11.9. The van der Waals surface area contributed by atoms with Gasteiger partial charge in [-0.3, -0.25) is 0 Å². The summed E-state index contributed by atoms with van der Waals surface area (Å²) in [5.74, 6) is -0.343. The van der Waals surface area contributed by atoms with E-state index in [-0.39, 0.29) is 17.9 Å². The fourth-order valence-electron chi connectivity index (χ4n) is 3.76. The van der Waals surface area contributed by atoms with Crippen molar-refractivity contribution in [1.82, 2.24) is 10.6 Å². The van der Waals surface area contributed by atoms with E-state index in [0.717, 1.165) is 25.7 Å². The third-order valence-corrected chi connectivity index (χ3v) is 4.96. The van der Waals surface area contributed by atoms with Crippen molar-refractivity contribution in [1.29, 1.82) is 0 Å². The highest BCUT2D eigenvalue weighted by Gasteiger charge is 2.42. The van der Waals surface area contributed by atoms with Gasteiger partial charge >= 0.3 is 6.03 Å². The summed E-state index contributed by atoms with van der Waals surface area (Å²) in [5, 5.41) is 6.01. The van der Waals surface area contributed by atoms with Crippen molar-refractivity contribution in [2.45, 2.75) is 82.1 Å². The molecule has 21 heavy (non-hydrogen) atoms. The first-order chi connectivity index (χ1) is 10.3. The topological polar surface area (TPSA) is 59.6 Å². The molecular formula is C16H28N2O3. The summed E-state index contributed by atoms with van der Waals surface area (Å²) in [6.07, 6.45) is 11.6. The molecule has 3 aliphatic rings. The fraction of sp³-hybridized carbons (Fsp3) is 0.938. The van der Waals surface area contributed by atoms with Gasteiger partial charge in [0.05, 0.1) is 6.61 Å². The van der Waals surface area contributed by atoms with Crippen LogP contribution < -0.4 is 10.6 Å². The Hall–Kier alpha value is -0.810. The van der Waals surface area contributed by atoms with Crippen LogP contribution in [0.5, 0.6) is 0 Å². The van der Waals surface area contributed by atoms with Gasteiger partial charge in [0.2, 0.25) is 0 Å². The summed E-state index contributed by atoms with van der Waals surface area (Å²) >= 11 is 0. The lowest BCUT2D eigenvalue weighted by Gasteiger charge is -2.31. The zero-order valence-electron chi connectivity index (χ0n) is 12.9. The zero-order valence-corrected chi connectivity index (χ0v) is 12.9. The first-order valence-corrected chi connectivity index (χ1v) is 8.62. The van der Waals surface area contributed by atoms with Crippen molar-refractivity contribution >= 4 is 6.03 Å². The van der Waals surface area contributed by atoms with Crippen molar-refractivity contribution in [3.8, 4) is 0 Å². The number of nitrogens with one attached hydrogen (secondary N) is 2. The largest absolute Gasteiger partial charge is 0.347 e. The van der Waals surface area contributed by atoms with Gasteiger partial charge in [0.1, 0.15) is 6.10 Å². The number of amides is 2. The molecule has 0 aromatic rings. The Kier molecular flexibility index (Phi) is 5.01. The molecule has 2 aliphatic carbocycles. The average Bonchev–Trinajstić information content (AvgIpc) is 2.90. The third-order valence-electron chi connectivity index (χ3n) is 4.96. The third kappa shape index (κ3) is 4.10. The van der Waals surface area contributed by atoms with Crippen molar-refractivity contribution < 1.29 is 14.3 Å². The molecule has 0 bridgehead atoms. The van der Waals surface area contributed by atoms with E-state index in [1.807, 2.05) is 0 Å². The second kappa shape index (κ2) is 6.97. The van der Waals surface area contributed by atoms with Crippen LogP contribution in [0.1, 0.15) is 64.2 Å². The Morgan fingerprint density at radius 2 is 1.76 bits per heavy atom. The quantitative estimate of drug-likeness (QED) is 0.842. The monoisotopic (exact) mass is 296 g/mol. The van der Waals surface area contributed by atoms with Gasteiger partial charge in [-0.25, -0.2) is 4.79 Å². The van der Waals surface area contributed by atoms with E-state index in [0.29, 0.717) is 19.2 Å². The molecule has 3 rings (SSSR count). The maximum atomic E-state index is 11.9. The van der Waals surface area contributed by atoms with E-state index in [1.54, 1.807) is 0 Å². The number of hydrogen-bond acceptors (Lipinski definition) is 3. The minimum atomic E-state index is -0.343. The minimum Gasteiger partial charge on any atom is -0.347 e. The fourth-order valence-corrected chi connectivity index (χ4v) is 3.76. The highest BCUT2D eigenvalue weighted by Crippen LogP contribution is 2.37. The number of hydrogen-bond donors (Lipinski definition) is 2. The van der Waals surface area contributed by atoms with Crippen LogP contribution in [0.15, 0.2) is 0 Å². The molecule has 0 unspecified atom stereocenters. The van der Waals surface area contributed by atoms with E-state index < -0.39 is 0 Å². The van der Waals surface area contributed by atoms with Crippen molar-refractivity contribution in [2.75, 3.05) is 13.2 Å². The summed E-state index contributed by atoms with van der Waals surface area (Å²) in [6, 6.07) is 0.291. The maximum absolute atomic E-state index is 11.9. The molecule has 120 valence electrons. The molecule has 1 saturated heterocycles. The highest BCUT2D eigenvalue weighted by molar-refractivity contribution is 5.74. The van der Waals surface area contributed by atoms with Crippen LogP contribution in [0.4, 0.5) is 4.79 Å². The standard InChI is InChI=1S/C16H28N2O3/c19-15(18-13-7-3-1-4-8-13)17-11-14-12-20-16(21-14)9-5-2-6-10-16/h13-14H,1-12H2,(H2,17,18,19)/t14-/m0/s1. The lowest BCUT2D eigenvalue weighted by atomic mass is 9.94. The molecule has 2 N–H and O–H groups in total. The lowest BCUT2D eigenvalue weighted by molar-refractivity contribution is -0.186. The van der Waals surface area contributed by atoms with Gasteiger partial charge in [-0.05, 0) is 25.7 Å². The van der Waals surface area contributed by atoms with E-state index in [2.05, 4.69) is 10.6 Å². The summed E-state index contributed by atoms with van der Waals surface area (Å²) in [6.45, 7) is 1.14. The van der Waals surface area contributed by atoms with Crippen LogP contribution in [0, 0.1) is 0 Å². The van der Waals surface area contributed by atoms with Gasteiger partial charge in [0, 0.05) is 25.4 Å². The summed E-state index contributed by atoms with van der Waals surface area (Å²) in [7, 11) is 0. The Morgan fingerprint density at radius 3 is 2.52 bits per heavy atom. The smallest absolute Gasteiger partial charge is 0.315 e. The molecule has 1 heterocycles. The highest BCUT2D eigenvalue weighted by atomic mass is 16.7. The molecule has 1 spiro atoms. The van der Waals surface area contributed by atoms with Gasteiger partial charge < -0.3 is 20.1 Å². The van der Waals surface area contributed by atoms with Crippen LogP contribution in [-0.4, -0.2) is 37.1 Å². The minimum absolute atomic E-state index is 0.000191. The number of carbonyl (C=O) groups excluding carboxylic acids is 1. The van der Waals surface area contributed by atoms with Gasteiger partial charge in [0.25, 0.3) is 0 Å². The van der Waals surface area contributed by atoms with Crippen LogP contribution in [0.2, 0.25) is 0 Å². The van der Waals surface area contributed by atoms with Gasteiger partial charge in [-0.2, -0.15) is 0 Å². The number of urea groups is 1. The molecule has 1 aliphatic heterocycles. The molecule has 0 aromatic heterocycles. The van der Waals surface area contributed by atoms with Crippen LogP contribution in [0.25, 0.3) is 0 Å². The SMILES string of the molecule is O=C(NC[C@H]1COC2(CCCCC2)O1)NC1CCCCC1. The summed E-state index contributed by atoms with van der Waals surface area (Å²) in [5.41, 5.74) is 0. The molecule has 5 nitrogen and oxygen atoms in total. The normalized spacial score (nSPS) is 29.4. The first kappa shape index (κ1) is 15.1. The lowest BCUT2D eigenvalue weighted by Crippen LogP contribution is -2.45. The Balaban J connectivity index is 1.36. The number of rotatable bonds is 3. The molecule has 0 radical (unpaired) electrons. The number of ether oxygens (including phenoxy) is 2. The van der Waals surface area contributed by atoms with Crippen LogP contribution in [0.3, 0.4) is 0 Å². The molecule has 2 saturated carbocycles. The Labute approximate surface area is 127 Å². The van der Waals surface area contributed by atoms with E-state index in [4.69, 9.17) is 9.47 Å². The van der Waals surface area contributed by atoms with Crippen LogP contribution >= 0.6 is 0 Å². The zero-order chi connectivity index (χ0) is 14.5. The maximum Gasteiger partial charge on any atom is 0.315 e. The van der Waals surface area contributed by atoms with E-state index in [1.165, 1.54) is 38.5 Å². The molecule has 1 atom stereocenters. The molecule has 3 fully saturated rings. The molecule has 0 aromatic carbocycles.